The number of hydrogen-bond acceptors (Lipinski definition) is 5. The fourth-order valence-corrected chi connectivity index (χ4v) is 6.25. The Morgan fingerprint density at radius 1 is 0.875 bits per heavy atom. The SMILES string of the molecule is C[C@@H]1C[C@H](C)CN(S(=O)(=O)c2ccc(C(=O)N3CCN(C(=O)c4ccco4)CC3)cc2)C1. The zero-order valence-electron chi connectivity index (χ0n) is 18.4. The van der Waals surface area contributed by atoms with Crippen LogP contribution in [0.15, 0.2) is 52.0 Å². The van der Waals surface area contributed by atoms with Gasteiger partial charge >= 0.3 is 0 Å². The summed E-state index contributed by atoms with van der Waals surface area (Å²) in [6, 6.07) is 9.48. The van der Waals surface area contributed by atoms with Crippen LogP contribution in [0.25, 0.3) is 0 Å². The van der Waals surface area contributed by atoms with Crippen LogP contribution < -0.4 is 0 Å². The summed E-state index contributed by atoms with van der Waals surface area (Å²) in [5.41, 5.74) is 0.440. The minimum Gasteiger partial charge on any atom is -0.459 e. The summed E-state index contributed by atoms with van der Waals surface area (Å²) in [6.07, 6.45) is 2.49. The Balaban J connectivity index is 1.39. The van der Waals surface area contributed by atoms with E-state index < -0.39 is 10.0 Å². The van der Waals surface area contributed by atoms with Gasteiger partial charge < -0.3 is 14.2 Å². The molecular weight excluding hydrogens is 430 g/mol. The van der Waals surface area contributed by atoms with Crippen molar-refractivity contribution in [2.24, 2.45) is 11.8 Å². The van der Waals surface area contributed by atoms with Crippen LogP contribution in [0.2, 0.25) is 0 Å². The highest BCUT2D eigenvalue weighted by molar-refractivity contribution is 7.89. The van der Waals surface area contributed by atoms with Crippen molar-refractivity contribution in [2.45, 2.75) is 25.2 Å². The number of rotatable bonds is 4. The van der Waals surface area contributed by atoms with Crippen LogP contribution in [0, 0.1) is 11.8 Å². The first-order chi connectivity index (χ1) is 15.3. The Kier molecular flexibility index (Phi) is 6.39. The van der Waals surface area contributed by atoms with E-state index in [0.29, 0.717) is 62.4 Å². The quantitative estimate of drug-likeness (QED) is 0.701. The lowest BCUT2D eigenvalue weighted by Crippen LogP contribution is -2.50. The Labute approximate surface area is 188 Å². The fraction of sp³-hybridized carbons (Fsp3) is 0.478. The summed E-state index contributed by atoms with van der Waals surface area (Å²) in [5.74, 6) is 0.594. The standard InChI is InChI=1S/C23H29N3O5S/c1-17-14-18(2)16-26(15-17)32(29,30)20-7-5-19(6-8-20)22(27)24-9-11-25(12-10-24)23(28)21-4-3-13-31-21/h3-8,13,17-18H,9-12,14-16H2,1-2H3/t17-,18+. The molecule has 0 unspecified atom stereocenters. The molecule has 2 aromatic rings. The van der Waals surface area contributed by atoms with Gasteiger partial charge in [0.2, 0.25) is 10.0 Å². The molecule has 0 saturated carbocycles. The molecule has 172 valence electrons. The van der Waals surface area contributed by atoms with Gasteiger partial charge in [0.25, 0.3) is 11.8 Å². The minimum absolute atomic E-state index is 0.167. The van der Waals surface area contributed by atoms with Gasteiger partial charge in [-0.05, 0) is 54.7 Å². The maximum atomic E-state index is 13.0. The second-order valence-electron chi connectivity index (χ2n) is 8.85. The molecule has 3 heterocycles. The molecule has 32 heavy (non-hydrogen) atoms. The second kappa shape index (κ2) is 9.07. The third-order valence-electron chi connectivity index (χ3n) is 6.16. The minimum atomic E-state index is -3.58. The topological polar surface area (TPSA) is 91.1 Å². The summed E-state index contributed by atoms with van der Waals surface area (Å²) in [4.78, 5) is 28.8. The van der Waals surface area contributed by atoms with Crippen LogP contribution in [0.3, 0.4) is 0 Å². The summed E-state index contributed by atoms with van der Waals surface area (Å²) in [6.45, 7) is 6.85. The number of carbonyl (C=O) groups excluding carboxylic acids is 2. The number of nitrogens with zero attached hydrogens (tertiary/aromatic N) is 3. The number of piperazine rings is 1. The Morgan fingerprint density at radius 2 is 1.44 bits per heavy atom. The van der Waals surface area contributed by atoms with Crippen LogP contribution in [0.4, 0.5) is 0 Å². The van der Waals surface area contributed by atoms with Crippen molar-refractivity contribution in [3.8, 4) is 0 Å². The summed E-state index contributed by atoms with van der Waals surface area (Å²) < 4.78 is 32.8. The van der Waals surface area contributed by atoms with Crippen molar-refractivity contribution in [1.82, 2.24) is 14.1 Å². The van der Waals surface area contributed by atoms with E-state index in [1.807, 2.05) is 0 Å². The Hall–Kier alpha value is -2.65. The molecule has 0 bridgehead atoms. The summed E-state index contributed by atoms with van der Waals surface area (Å²) in [5, 5.41) is 0. The van der Waals surface area contributed by atoms with E-state index in [4.69, 9.17) is 4.42 Å². The lowest BCUT2D eigenvalue weighted by Gasteiger charge is -2.34. The van der Waals surface area contributed by atoms with Gasteiger partial charge in [-0.25, -0.2) is 8.42 Å². The second-order valence-corrected chi connectivity index (χ2v) is 10.8. The largest absolute Gasteiger partial charge is 0.459 e. The predicted octanol–water partition coefficient (Wildman–Crippen LogP) is 2.54. The van der Waals surface area contributed by atoms with Gasteiger partial charge in [0.05, 0.1) is 11.2 Å². The first-order valence-corrected chi connectivity index (χ1v) is 12.4. The van der Waals surface area contributed by atoms with E-state index in [0.717, 1.165) is 6.42 Å². The Bertz CT molecular complexity index is 1050. The maximum Gasteiger partial charge on any atom is 0.289 e. The molecule has 1 aromatic heterocycles. The molecule has 4 rings (SSSR count). The third-order valence-corrected chi connectivity index (χ3v) is 8.01. The summed E-state index contributed by atoms with van der Waals surface area (Å²) in [7, 11) is -3.58. The number of furan rings is 1. The number of sulfonamides is 1. The monoisotopic (exact) mass is 459 g/mol. The molecule has 1 aromatic carbocycles. The highest BCUT2D eigenvalue weighted by Crippen LogP contribution is 2.27. The van der Waals surface area contributed by atoms with Crippen LogP contribution in [-0.4, -0.2) is 73.6 Å². The molecule has 2 amide bonds. The molecule has 0 spiro atoms. The fourth-order valence-electron chi connectivity index (χ4n) is 4.57. The van der Waals surface area contributed by atoms with Gasteiger partial charge in [-0.3, -0.25) is 9.59 Å². The van der Waals surface area contributed by atoms with E-state index in [1.54, 1.807) is 38.4 Å². The average molecular weight is 460 g/mol. The van der Waals surface area contributed by atoms with Gasteiger partial charge in [-0.1, -0.05) is 13.8 Å². The maximum absolute atomic E-state index is 13.0. The molecule has 2 aliphatic heterocycles. The number of amides is 2. The van der Waals surface area contributed by atoms with Gasteiger partial charge in [-0.15, -0.1) is 0 Å². The van der Waals surface area contributed by atoms with E-state index in [9.17, 15) is 18.0 Å². The molecular formula is C23H29N3O5S. The molecule has 2 saturated heterocycles. The van der Waals surface area contributed by atoms with Crippen LogP contribution >= 0.6 is 0 Å². The lowest BCUT2D eigenvalue weighted by atomic mass is 9.94. The summed E-state index contributed by atoms with van der Waals surface area (Å²) >= 11 is 0. The van der Waals surface area contributed by atoms with Crippen LogP contribution in [-0.2, 0) is 10.0 Å². The van der Waals surface area contributed by atoms with Crippen molar-refractivity contribution < 1.29 is 22.4 Å². The third kappa shape index (κ3) is 4.59. The number of carbonyl (C=O) groups is 2. The van der Waals surface area contributed by atoms with Crippen LogP contribution in [0.5, 0.6) is 0 Å². The van der Waals surface area contributed by atoms with Gasteiger partial charge in [0.15, 0.2) is 5.76 Å². The molecule has 8 nitrogen and oxygen atoms in total. The first-order valence-electron chi connectivity index (χ1n) is 11.0. The number of piperidine rings is 1. The number of hydrogen-bond donors (Lipinski definition) is 0. The van der Waals surface area contributed by atoms with E-state index in [1.165, 1.54) is 18.4 Å². The Morgan fingerprint density at radius 3 is 1.97 bits per heavy atom. The van der Waals surface area contributed by atoms with E-state index >= 15 is 0 Å². The van der Waals surface area contributed by atoms with Crippen molar-refractivity contribution in [1.29, 1.82) is 0 Å². The lowest BCUT2D eigenvalue weighted by molar-refractivity contribution is 0.0518. The van der Waals surface area contributed by atoms with Gasteiger partial charge in [0.1, 0.15) is 0 Å². The number of benzene rings is 1. The van der Waals surface area contributed by atoms with E-state index in [-0.39, 0.29) is 16.7 Å². The normalized spacial score (nSPS) is 22.7. The molecule has 9 heteroatoms. The smallest absolute Gasteiger partial charge is 0.289 e. The van der Waals surface area contributed by atoms with Crippen molar-refractivity contribution in [3.05, 3.63) is 54.0 Å². The predicted molar refractivity (Wildman–Crippen MR) is 119 cm³/mol. The van der Waals surface area contributed by atoms with Gasteiger partial charge in [-0.2, -0.15) is 4.31 Å². The van der Waals surface area contributed by atoms with Crippen molar-refractivity contribution >= 4 is 21.8 Å². The molecule has 2 fully saturated rings. The zero-order chi connectivity index (χ0) is 22.9. The molecule has 0 aliphatic carbocycles. The van der Waals surface area contributed by atoms with Crippen LogP contribution in [0.1, 0.15) is 41.2 Å². The highest BCUT2D eigenvalue weighted by atomic mass is 32.2. The van der Waals surface area contributed by atoms with Crippen molar-refractivity contribution in [3.63, 3.8) is 0 Å². The van der Waals surface area contributed by atoms with Gasteiger partial charge in [0, 0.05) is 44.8 Å². The van der Waals surface area contributed by atoms with E-state index in [2.05, 4.69) is 13.8 Å². The molecule has 0 N–H and O–H groups in total. The average Bonchev–Trinajstić information content (AvgIpc) is 3.33. The molecule has 0 radical (unpaired) electrons. The highest BCUT2D eigenvalue weighted by Gasteiger charge is 2.32. The van der Waals surface area contributed by atoms with Crippen molar-refractivity contribution in [2.75, 3.05) is 39.3 Å². The first kappa shape index (κ1) is 22.5. The molecule has 2 atom stereocenters. The molecule has 2 aliphatic rings. The zero-order valence-corrected chi connectivity index (χ0v) is 19.3.